The van der Waals surface area contributed by atoms with Gasteiger partial charge in [-0.3, -0.25) is 0 Å². The molecular weight excluding hydrogens is 160 g/mol. The van der Waals surface area contributed by atoms with Crippen molar-refractivity contribution < 1.29 is 4.74 Å². The number of benzene rings is 1. The molecule has 0 aliphatic carbocycles. The topological polar surface area (TPSA) is 9.23 Å². The molecule has 0 fully saturated rings. The maximum atomic E-state index is 5.40. The molecule has 1 heteroatoms. The van der Waals surface area contributed by atoms with E-state index < -0.39 is 0 Å². The molecule has 0 bridgehead atoms. The Morgan fingerprint density at radius 3 is 3.00 bits per heavy atom. The largest absolute Gasteiger partial charge is 0.494 e. The Morgan fingerprint density at radius 1 is 1.46 bits per heavy atom. The van der Waals surface area contributed by atoms with Gasteiger partial charge in [0.2, 0.25) is 0 Å². The molecule has 1 rings (SSSR count). The van der Waals surface area contributed by atoms with Crippen LogP contribution in [-0.2, 0) is 6.42 Å². The fraction of sp³-hybridized carbons (Fsp3) is 0.333. The van der Waals surface area contributed by atoms with Crippen molar-refractivity contribution >= 4 is 0 Å². The van der Waals surface area contributed by atoms with Crippen LogP contribution in [0.4, 0.5) is 0 Å². The summed E-state index contributed by atoms with van der Waals surface area (Å²) in [6.45, 7) is 6.43. The Hall–Kier alpha value is -1.24. The van der Waals surface area contributed by atoms with Crippen molar-refractivity contribution in [3.63, 3.8) is 0 Å². The molecule has 0 N–H and O–H groups in total. The molecule has 0 saturated carbocycles. The first kappa shape index (κ1) is 9.85. The second-order valence-corrected chi connectivity index (χ2v) is 2.91. The summed E-state index contributed by atoms with van der Waals surface area (Å²) in [5.41, 5.74) is 1.31. The molecule has 0 unspecified atom stereocenters. The zero-order chi connectivity index (χ0) is 9.52. The molecule has 0 amide bonds. The highest BCUT2D eigenvalue weighted by Gasteiger charge is 1.94. The Balaban J connectivity index is 2.61. The SMILES string of the molecule is C=CCCc1cccc(OCC)c1. The number of ether oxygens (including phenoxy) is 1. The summed E-state index contributed by atoms with van der Waals surface area (Å²) in [5, 5.41) is 0. The molecule has 0 aliphatic heterocycles. The first-order valence-corrected chi connectivity index (χ1v) is 4.69. The maximum absolute atomic E-state index is 5.40. The molecule has 0 radical (unpaired) electrons. The number of aryl methyl sites for hydroxylation is 1. The maximum Gasteiger partial charge on any atom is 0.119 e. The van der Waals surface area contributed by atoms with Gasteiger partial charge in [0, 0.05) is 0 Å². The number of rotatable bonds is 5. The first-order valence-electron chi connectivity index (χ1n) is 4.69. The Kier molecular flexibility index (Phi) is 4.10. The fourth-order valence-electron chi connectivity index (χ4n) is 1.23. The highest BCUT2D eigenvalue weighted by atomic mass is 16.5. The Morgan fingerprint density at radius 2 is 2.31 bits per heavy atom. The summed E-state index contributed by atoms with van der Waals surface area (Å²) in [6.07, 6.45) is 4.01. The van der Waals surface area contributed by atoms with Gasteiger partial charge in [0.1, 0.15) is 5.75 Å². The van der Waals surface area contributed by atoms with Crippen molar-refractivity contribution in [1.82, 2.24) is 0 Å². The molecule has 0 aromatic heterocycles. The standard InChI is InChI=1S/C12H16O/c1-3-5-7-11-8-6-9-12(10-11)13-4-2/h3,6,8-10H,1,4-5,7H2,2H3. The van der Waals surface area contributed by atoms with Crippen LogP contribution in [0.2, 0.25) is 0 Å². The van der Waals surface area contributed by atoms with Crippen molar-refractivity contribution in [2.45, 2.75) is 19.8 Å². The van der Waals surface area contributed by atoms with Crippen LogP contribution in [0.15, 0.2) is 36.9 Å². The molecule has 0 aliphatic rings. The lowest BCUT2D eigenvalue weighted by molar-refractivity contribution is 0.340. The first-order chi connectivity index (χ1) is 6.36. The normalized spacial score (nSPS) is 9.62. The number of hydrogen-bond donors (Lipinski definition) is 0. The third-order valence-corrected chi connectivity index (χ3v) is 1.85. The van der Waals surface area contributed by atoms with Gasteiger partial charge >= 0.3 is 0 Å². The summed E-state index contributed by atoms with van der Waals surface area (Å²) in [7, 11) is 0. The number of allylic oxidation sites excluding steroid dienone is 1. The van der Waals surface area contributed by atoms with Crippen molar-refractivity contribution in [3.05, 3.63) is 42.5 Å². The second-order valence-electron chi connectivity index (χ2n) is 2.91. The van der Waals surface area contributed by atoms with E-state index in [2.05, 4.69) is 18.7 Å². The van der Waals surface area contributed by atoms with Crippen LogP contribution >= 0.6 is 0 Å². The van der Waals surface area contributed by atoms with E-state index in [1.165, 1.54) is 5.56 Å². The van der Waals surface area contributed by atoms with Crippen molar-refractivity contribution in [3.8, 4) is 5.75 Å². The highest BCUT2D eigenvalue weighted by molar-refractivity contribution is 5.28. The van der Waals surface area contributed by atoms with E-state index in [1.54, 1.807) is 0 Å². The molecule has 1 aromatic carbocycles. The molecule has 1 nitrogen and oxygen atoms in total. The fourth-order valence-corrected chi connectivity index (χ4v) is 1.23. The van der Waals surface area contributed by atoms with Gasteiger partial charge in [-0.05, 0) is 37.5 Å². The minimum Gasteiger partial charge on any atom is -0.494 e. The van der Waals surface area contributed by atoms with Crippen molar-refractivity contribution in [1.29, 1.82) is 0 Å². The molecule has 1 aromatic rings. The predicted molar refractivity (Wildman–Crippen MR) is 56.1 cm³/mol. The lowest BCUT2D eigenvalue weighted by Crippen LogP contribution is -1.92. The third kappa shape index (κ3) is 3.32. The van der Waals surface area contributed by atoms with Gasteiger partial charge in [0.15, 0.2) is 0 Å². The lowest BCUT2D eigenvalue weighted by Gasteiger charge is -2.04. The van der Waals surface area contributed by atoms with Crippen LogP contribution in [0.1, 0.15) is 18.9 Å². The van der Waals surface area contributed by atoms with Crippen LogP contribution in [-0.4, -0.2) is 6.61 Å². The van der Waals surface area contributed by atoms with Gasteiger partial charge < -0.3 is 4.74 Å². The van der Waals surface area contributed by atoms with Gasteiger partial charge in [-0.2, -0.15) is 0 Å². The monoisotopic (exact) mass is 176 g/mol. The van der Waals surface area contributed by atoms with Gasteiger partial charge in [0.05, 0.1) is 6.61 Å². The highest BCUT2D eigenvalue weighted by Crippen LogP contribution is 2.14. The third-order valence-electron chi connectivity index (χ3n) is 1.85. The van der Waals surface area contributed by atoms with Crippen molar-refractivity contribution in [2.24, 2.45) is 0 Å². The molecular formula is C12H16O. The molecule has 0 spiro atoms. The van der Waals surface area contributed by atoms with Crippen LogP contribution < -0.4 is 4.74 Å². The van der Waals surface area contributed by atoms with Gasteiger partial charge in [-0.25, -0.2) is 0 Å². The molecule has 70 valence electrons. The Labute approximate surface area is 80.0 Å². The zero-order valence-electron chi connectivity index (χ0n) is 8.12. The Bertz CT molecular complexity index is 266. The summed E-state index contributed by atoms with van der Waals surface area (Å²) in [6, 6.07) is 8.23. The van der Waals surface area contributed by atoms with E-state index >= 15 is 0 Å². The van der Waals surface area contributed by atoms with Gasteiger partial charge in [-0.1, -0.05) is 18.2 Å². The van der Waals surface area contributed by atoms with E-state index in [1.807, 2.05) is 25.1 Å². The van der Waals surface area contributed by atoms with E-state index in [9.17, 15) is 0 Å². The average molecular weight is 176 g/mol. The zero-order valence-corrected chi connectivity index (χ0v) is 8.12. The molecule has 13 heavy (non-hydrogen) atoms. The molecule has 0 atom stereocenters. The van der Waals surface area contributed by atoms with E-state index in [0.717, 1.165) is 25.2 Å². The van der Waals surface area contributed by atoms with Crippen LogP contribution in [0.5, 0.6) is 5.75 Å². The molecule has 0 heterocycles. The lowest BCUT2D eigenvalue weighted by atomic mass is 10.1. The quantitative estimate of drug-likeness (QED) is 0.626. The predicted octanol–water partition coefficient (Wildman–Crippen LogP) is 3.20. The van der Waals surface area contributed by atoms with E-state index in [0.29, 0.717) is 0 Å². The van der Waals surface area contributed by atoms with Crippen LogP contribution in [0.25, 0.3) is 0 Å². The minimum absolute atomic E-state index is 0.727. The average Bonchev–Trinajstić information content (AvgIpc) is 2.16. The van der Waals surface area contributed by atoms with Gasteiger partial charge in [-0.15, -0.1) is 6.58 Å². The minimum atomic E-state index is 0.727. The summed E-state index contributed by atoms with van der Waals surface area (Å²) in [5.74, 6) is 0.962. The number of hydrogen-bond acceptors (Lipinski definition) is 1. The summed E-state index contributed by atoms with van der Waals surface area (Å²) < 4.78 is 5.40. The summed E-state index contributed by atoms with van der Waals surface area (Å²) >= 11 is 0. The van der Waals surface area contributed by atoms with Crippen LogP contribution in [0.3, 0.4) is 0 Å². The van der Waals surface area contributed by atoms with Crippen LogP contribution in [0, 0.1) is 0 Å². The van der Waals surface area contributed by atoms with Crippen molar-refractivity contribution in [2.75, 3.05) is 6.61 Å². The van der Waals surface area contributed by atoms with Gasteiger partial charge in [0.25, 0.3) is 0 Å². The molecule has 0 saturated heterocycles. The van der Waals surface area contributed by atoms with E-state index in [4.69, 9.17) is 4.74 Å². The smallest absolute Gasteiger partial charge is 0.119 e. The second kappa shape index (κ2) is 5.41. The summed E-state index contributed by atoms with van der Waals surface area (Å²) in [4.78, 5) is 0. The van der Waals surface area contributed by atoms with E-state index in [-0.39, 0.29) is 0 Å².